The van der Waals surface area contributed by atoms with Gasteiger partial charge in [-0.2, -0.15) is 5.10 Å². The number of amides is 3. The number of hydrazone groups is 1. The predicted molar refractivity (Wildman–Crippen MR) is 83.1 cm³/mol. The maximum Gasteiger partial charge on any atom is 0.271 e. The van der Waals surface area contributed by atoms with Crippen molar-refractivity contribution >= 4 is 23.4 Å². The molecule has 23 heavy (non-hydrogen) atoms. The minimum absolute atomic E-state index is 0.128. The number of fused-ring (bicyclic) bond motifs is 1. The van der Waals surface area contributed by atoms with Gasteiger partial charge in [-0.1, -0.05) is 24.3 Å². The van der Waals surface area contributed by atoms with Gasteiger partial charge >= 0.3 is 0 Å². The van der Waals surface area contributed by atoms with Crippen LogP contribution in [0.1, 0.15) is 24.0 Å². The Morgan fingerprint density at radius 3 is 2.57 bits per heavy atom. The third kappa shape index (κ3) is 2.81. The fourth-order valence-electron chi connectivity index (χ4n) is 2.98. The van der Waals surface area contributed by atoms with E-state index in [0.717, 1.165) is 11.1 Å². The molecular formula is C16H18N4O3. The third-order valence-corrected chi connectivity index (χ3v) is 4.29. The van der Waals surface area contributed by atoms with Gasteiger partial charge in [0.2, 0.25) is 11.8 Å². The Morgan fingerprint density at radius 1 is 1.22 bits per heavy atom. The largest absolute Gasteiger partial charge is 0.368 e. The minimum Gasteiger partial charge on any atom is -0.368 e. The summed E-state index contributed by atoms with van der Waals surface area (Å²) in [5.41, 5.74) is 7.81. The second-order valence-electron chi connectivity index (χ2n) is 5.79. The van der Waals surface area contributed by atoms with Crippen LogP contribution in [0.4, 0.5) is 0 Å². The SMILES string of the molecule is CN1N=C(C(=O)N2Cc3ccccc3C[C@@H]2C(N)=O)CCC1=O. The Bertz CT molecular complexity index is 713. The predicted octanol–water partition coefficient (Wildman–Crippen LogP) is 0.0334. The Labute approximate surface area is 133 Å². The van der Waals surface area contributed by atoms with E-state index in [1.807, 2.05) is 24.3 Å². The lowest BCUT2D eigenvalue weighted by atomic mass is 9.93. The summed E-state index contributed by atoms with van der Waals surface area (Å²) in [7, 11) is 1.52. The summed E-state index contributed by atoms with van der Waals surface area (Å²) in [4.78, 5) is 37.5. The number of hydrogen-bond acceptors (Lipinski definition) is 4. The average Bonchev–Trinajstić information content (AvgIpc) is 2.55. The normalized spacial score (nSPS) is 20.8. The van der Waals surface area contributed by atoms with Gasteiger partial charge in [0.25, 0.3) is 5.91 Å². The zero-order chi connectivity index (χ0) is 16.6. The van der Waals surface area contributed by atoms with Crippen LogP contribution >= 0.6 is 0 Å². The summed E-state index contributed by atoms with van der Waals surface area (Å²) in [6, 6.07) is 6.99. The van der Waals surface area contributed by atoms with Crippen molar-refractivity contribution in [1.29, 1.82) is 0 Å². The van der Waals surface area contributed by atoms with E-state index in [9.17, 15) is 14.4 Å². The van der Waals surface area contributed by atoms with Crippen LogP contribution < -0.4 is 5.73 Å². The van der Waals surface area contributed by atoms with Crippen molar-refractivity contribution in [2.45, 2.75) is 31.8 Å². The lowest BCUT2D eigenvalue weighted by Gasteiger charge is -2.35. The maximum absolute atomic E-state index is 12.8. The molecule has 7 nitrogen and oxygen atoms in total. The molecule has 1 aromatic rings. The van der Waals surface area contributed by atoms with Gasteiger partial charge in [-0.05, 0) is 11.1 Å². The molecule has 2 aliphatic heterocycles. The molecular weight excluding hydrogens is 296 g/mol. The molecule has 2 heterocycles. The van der Waals surface area contributed by atoms with Crippen molar-refractivity contribution in [2.75, 3.05) is 7.05 Å². The molecule has 0 saturated heterocycles. The summed E-state index contributed by atoms with van der Waals surface area (Å²) in [5.74, 6) is -0.992. The van der Waals surface area contributed by atoms with Crippen molar-refractivity contribution < 1.29 is 14.4 Å². The zero-order valence-corrected chi connectivity index (χ0v) is 12.9. The molecule has 2 aliphatic rings. The van der Waals surface area contributed by atoms with Crippen LogP contribution in [0.3, 0.4) is 0 Å². The van der Waals surface area contributed by atoms with Crippen molar-refractivity contribution in [3.63, 3.8) is 0 Å². The minimum atomic E-state index is -0.692. The van der Waals surface area contributed by atoms with Crippen LogP contribution in [-0.2, 0) is 27.3 Å². The Balaban J connectivity index is 1.91. The average molecular weight is 314 g/mol. The monoisotopic (exact) mass is 314 g/mol. The quantitative estimate of drug-likeness (QED) is 0.834. The van der Waals surface area contributed by atoms with Crippen LogP contribution in [0.5, 0.6) is 0 Å². The Kier molecular flexibility index (Phi) is 3.85. The van der Waals surface area contributed by atoms with Gasteiger partial charge in [0.1, 0.15) is 11.8 Å². The van der Waals surface area contributed by atoms with Crippen molar-refractivity contribution in [1.82, 2.24) is 9.91 Å². The molecule has 2 N–H and O–H groups in total. The van der Waals surface area contributed by atoms with Gasteiger partial charge in [-0.3, -0.25) is 14.4 Å². The summed E-state index contributed by atoms with van der Waals surface area (Å²) in [5, 5.41) is 5.22. The number of nitrogens with zero attached hydrogens (tertiary/aromatic N) is 3. The number of primary amides is 1. The van der Waals surface area contributed by atoms with Gasteiger partial charge in [0.05, 0.1) is 0 Å². The first kappa shape index (κ1) is 15.2. The first-order valence-corrected chi connectivity index (χ1v) is 7.48. The molecule has 3 rings (SSSR count). The van der Waals surface area contributed by atoms with Crippen LogP contribution in [0.25, 0.3) is 0 Å². The van der Waals surface area contributed by atoms with Gasteiger partial charge in [-0.25, -0.2) is 5.01 Å². The summed E-state index contributed by atoms with van der Waals surface area (Å²) >= 11 is 0. The number of benzene rings is 1. The van der Waals surface area contributed by atoms with Gasteiger partial charge in [0, 0.05) is 32.9 Å². The smallest absolute Gasteiger partial charge is 0.271 e. The lowest BCUT2D eigenvalue weighted by Crippen LogP contribution is -2.53. The van der Waals surface area contributed by atoms with E-state index in [2.05, 4.69) is 5.10 Å². The second kappa shape index (κ2) is 5.83. The van der Waals surface area contributed by atoms with Crippen molar-refractivity contribution in [2.24, 2.45) is 10.8 Å². The molecule has 0 bridgehead atoms. The number of nitrogens with two attached hydrogens (primary N) is 1. The van der Waals surface area contributed by atoms with Crippen molar-refractivity contribution in [3.8, 4) is 0 Å². The fraction of sp³-hybridized carbons (Fsp3) is 0.375. The van der Waals surface area contributed by atoms with Crippen molar-refractivity contribution in [3.05, 3.63) is 35.4 Å². The maximum atomic E-state index is 12.8. The van der Waals surface area contributed by atoms with Gasteiger partial charge in [0.15, 0.2) is 0 Å². The van der Waals surface area contributed by atoms with Crippen LogP contribution in [0.2, 0.25) is 0 Å². The highest BCUT2D eigenvalue weighted by Crippen LogP contribution is 2.24. The van der Waals surface area contributed by atoms with E-state index in [1.165, 1.54) is 17.0 Å². The van der Waals surface area contributed by atoms with Gasteiger partial charge < -0.3 is 10.6 Å². The second-order valence-corrected chi connectivity index (χ2v) is 5.79. The molecule has 1 atom stereocenters. The number of rotatable bonds is 2. The number of carbonyl (C=O) groups is 3. The fourth-order valence-corrected chi connectivity index (χ4v) is 2.98. The highest BCUT2D eigenvalue weighted by Gasteiger charge is 2.36. The molecule has 3 amide bonds. The van der Waals surface area contributed by atoms with Crippen LogP contribution in [0, 0.1) is 0 Å². The first-order chi connectivity index (χ1) is 11.0. The highest BCUT2D eigenvalue weighted by atomic mass is 16.2. The van der Waals surface area contributed by atoms with Gasteiger partial charge in [-0.15, -0.1) is 0 Å². The Morgan fingerprint density at radius 2 is 1.91 bits per heavy atom. The molecule has 0 fully saturated rings. The molecule has 0 spiro atoms. The summed E-state index contributed by atoms with van der Waals surface area (Å²) in [6.45, 7) is 0.319. The number of hydrogen-bond donors (Lipinski definition) is 1. The van der Waals surface area contributed by atoms with Crippen LogP contribution in [-0.4, -0.2) is 46.4 Å². The molecule has 1 aromatic carbocycles. The molecule has 0 aliphatic carbocycles. The van der Waals surface area contributed by atoms with E-state index >= 15 is 0 Å². The lowest BCUT2D eigenvalue weighted by molar-refractivity contribution is -0.136. The van der Waals surface area contributed by atoms with E-state index in [0.29, 0.717) is 13.0 Å². The Hall–Kier alpha value is -2.70. The summed E-state index contributed by atoms with van der Waals surface area (Å²) in [6.07, 6.45) is 0.928. The standard InChI is InChI=1S/C16H18N4O3/c1-19-14(21)7-6-12(18-19)16(23)20-9-11-5-3-2-4-10(11)8-13(20)15(17)22/h2-5,13H,6-9H2,1H3,(H2,17,22)/t13-/m1/s1. The van der Waals surface area contributed by atoms with E-state index in [1.54, 1.807) is 0 Å². The van der Waals surface area contributed by atoms with Crippen LogP contribution in [0.15, 0.2) is 29.4 Å². The van der Waals surface area contributed by atoms with E-state index < -0.39 is 11.9 Å². The zero-order valence-electron chi connectivity index (χ0n) is 12.9. The number of carbonyl (C=O) groups excluding carboxylic acids is 3. The molecule has 7 heteroatoms. The van der Waals surface area contributed by atoms with E-state index in [-0.39, 0.29) is 30.4 Å². The molecule has 0 aromatic heterocycles. The van der Waals surface area contributed by atoms with E-state index in [4.69, 9.17) is 5.73 Å². The molecule has 0 saturated carbocycles. The first-order valence-electron chi connectivity index (χ1n) is 7.48. The highest BCUT2D eigenvalue weighted by molar-refractivity contribution is 6.39. The molecule has 0 unspecified atom stereocenters. The third-order valence-electron chi connectivity index (χ3n) is 4.29. The molecule has 120 valence electrons. The molecule has 0 radical (unpaired) electrons. The topological polar surface area (TPSA) is 96.1 Å². The summed E-state index contributed by atoms with van der Waals surface area (Å²) < 4.78 is 0.